The number of aryl methyl sites for hydroxylation is 1. The van der Waals surface area contributed by atoms with Crippen molar-refractivity contribution >= 4 is 35.0 Å². The number of hydrogen-bond donors (Lipinski definition) is 1. The van der Waals surface area contributed by atoms with Gasteiger partial charge >= 0.3 is 0 Å². The van der Waals surface area contributed by atoms with Crippen LogP contribution in [-0.4, -0.2) is 47.1 Å². The summed E-state index contributed by atoms with van der Waals surface area (Å²) >= 11 is 7.40. The van der Waals surface area contributed by atoms with Crippen LogP contribution in [0.5, 0.6) is 0 Å². The Balaban J connectivity index is 1.41. The Labute approximate surface area is 180 Å². The Hall–Kier alpha value is -2.51. The number of nitrogens with zero attached hydrogens (tertiary/aromatic N) is 4. The fourth-order valence-electron chi connectivity index (χ4n) is 2.79. The number of nitrogens with one attached hydrogen (secondary N) is 1. The first kappa shape index (κ1) is 21.2. The summed E-state index contributed by atoms with van der Waals surface area (Å²) in [6.45, 7) is 0.649. The lowest BCUT2D eigenvalue weighted by molar-refractivity contribution is -0.118. The summed E-state index contributed by atoms with van der Waals surface area (Å²) in [4.78, 5) is 14.2. The third-order valence-electron chi connectivity index (χ3n) is 4.35. The molecule has 0 spiro atoms. The molecule has 0 aliphatic rings. The molecule has 3 rings (SSSR count). The number of hydrogen-bond acceptors (Lipinski definition) is 5. The van der Waals surface area contributed by atoms with Crippen LogP contribution in [0.15, 0.2) is 60.0 Å². The van der Waals surface area contributed by atoms with Crippen molar-refractivity contribution in [1.82, 2.24) is 20.1 Å². The van der Waals surface area contributed by atoms with Crippen molar-refractivity contribution in [3.05, 3.63) is 65.4 Å². The van der Waals surface area contributed by atoms with Crippen LogP contribution in [0.25, 0.3) is 5.69 Å². The summed E-state index contributed by atoms with van der Waals surface area (Å²) in [5.41, 5.74) is 3.32. The molecule has 3 aromatic rings. The molecule has 29 heavy (non-hydrogen) atoms. The van der Waals surface area contributed by atoms with E-state index in [4.69, 9.17) is 11.6 Å². The first-order valence-electron chi connectivity index (χ1n) is 9.34. The number of thioether (sulfide) groups is 1. The minimum atomic E-state index is -0.0152. The summed E-state index contributed by atoms with van der Waals surface area (Å²) in [7, 11) is 4.06. The third kappa shape index (κ3) is 6.24. The smallest absolute Gasteiger partial charge is 0.230 e. The molecule has 0 saturated heterocycles. The summed E-state index contributed by atoms with van der Waals surface area (Å²) in [5, 5.41) is 12.3. The minimum absolute atomic E-state index is 0.0152. The molecular weight excluding hydrogens is 406 g/mol. The number of rotatable bonds is 9. The first-order chi connectivity index (χ1) is 14.0. The van der Waals surface area contributed by atoms with Gasteiger partial charge in [0.1, 0.15) is 6.33 Å². The van der Waals surface area contributed by atoms with E-state index in [2.05, 4.69) is 44.7 Å². The SMILES string of the molecule is CN(C)c1ccc(CCCNC(=O)CSc2nncn2-c2cccc(Cl)c2)cc1. The molecule has 0 bridgehead atoms. The normalized spacial score (nSPS) is 10.7. The van der Waals surface area contributed by atoms with E-state index in [9.17, 15) is 4.79 Å². The van der Waals surface area contributed by atoms with Crippen LogP contribution in [-0.2, 0) is 11.2 Å². The van der Waals surface area contributed by atoms with Crippen LogP contribution in [0.2, 0.25) is 5.02 Å². The zero-order valence-electron chi connectivity index (χ0n) is 16.5. The zero-order valence-corrected chi connectivity index (χ0v) is 18.1. The summed E-state index contributed by atoms with van der Waals surface area (Å²) in [6.07, 6.45) is 3.45. The van der Waals surface area contributed by atoms with E-state index in [1.165, 1.54) is 23.0 Å². The molecule has 1 N–H and O–H groups in total. The van der Waals surface area contributed by atoms with Crippen molar-refractivity contribution in [2.75, 3.05) is 31.3 Å². The second kappa shape index (κ2) is 10.3. The molecule has 0 saturated carbocycles. The van der Waals surface area contributed by atoms with Gasteiger partial charge in [0.25, 0.3) is 0 Å². The van der Waals surface area contributed by atoms with Gasteiger partial charge in [-0.05, 0) is 48.7 Å². The van der Waals surface area contributed by atoms with Gasteiger partial charge in [0.2, 0.25) is 5.91 Å². The minimum Gasteiger partial charge on any atom is -0.378 e. The van der Waals surface area contributed by atoms with E-state index in [1.54, 1.807) is 6.33 Å². The van der Waals surface area contributed by atoms with Gasteiger partial charge in [0.05, 0.1) is 11.4 Å². The number of carbonyl (C=O) groups excluding carboxylic acids is 1. The van der Waals surface area contributed by atoms with Crippen molar-refractivity contribution in [3.8, 4) is 5.69 Å². The van der Waals surface area contributed by atoms with Gasteiger partial charge in [0, 0.05) is 31.4 Å². The van der Waals surface area contributed by atoms with Gasteiger partial charge in [-0.15, -0.1) is 10.2 Å². The molecule has 0 atom stereocenters. The maximum Gasteiger partial charge on any atom is 0.230 e. The lowest BCUT2D eigenvalue weighted by Crippen LogP contribution is -2.26. The molecular formula is C21H24ClN5OS. The molecule has 1 amide bonds. The molecule has 0 unspecified atom stereocenters. The van der Waals surface area contributed by atoms with Crippen LogP contribution >= 0.6 is 23.4 Å². The average Bonchev–Trinajstić information content (AvgIpc) is 3.19. The van der Waals surface area contributed by atoms with Crippen LogP contribution in [0.3, 0.4) is 0 Å². The van der Waals surface area contributed by atoms with E-state index < -0.39 is 0 Å². The van der Waals surface area contributed by atoms with E-state index >= 15 is 0 Å². The number of aromatic nitrogens is 3. The first-order valence-corrected chi connectivity index (χ1v) is 10.7. The number of anilines is 1. The quantitative estimate of drug-likeness (QED) is 0.413. The zero-order chi connectivity index (χ0) is 20.6. The van der Waals surface area contributed by atoms with Crippen LogP contribution in [0.4, 0.5) is 5.69 Å². The Morgan fingerprint density at radius 2 is 2.00 bits per heavy atom. The van der Waals surface area contributed by atoms with Gasteiger partial charge in [0.15, 0.2) is 5.16 Å². The van der Waals surface area contributed by atoms with Crippen molar-refractivity contribution in [1.29, 1.82) is 0 Å². The van der Waals surface area contributed by atoms with Gasteiger partial charge in [-0.25, -0.2) is 0 Å². The van der Waals surface area contributed by atoms with Gasteiger partial charge in [-0.3, -0.25) is 9.36 Å². The van der Waals surface area contributed by atoms with E-state index in [0.717, 1.165) is 18.5 Å². The van der Waals surface area contributed by atoms with Crippen molar-refractivity contribution < 1.29 is 4.79 Å². The Kier molecular flexibility index (Phi) is 7.55. The monoisotopic (exact) mass is 429 g/mol. The lowest BCUT2D eigenvalue weighted by Gasteiger charge is -2.12. The van der Waals surface area contributed by atoms with Crippen molar-refractivity contribution in [3.63, 3.8) is 0 Å². The van der Waals surface area contributed by atoms with Crippen LogP contribution in [0, 0.1) is 0 Å². The highest BCUT2D eigenvalue weighted by Crippen LogP contribution is 2.21. The molecule has 0 aliphatic heterocycles. The molecule has 1 aromatic heterocycles. The fraction of sp³-hybridized carbons (Fsp3) is 0.286. The van der Waals surface area contributed by atoms with Crippen LogP contribution < -0.4 is 10.2 Å². The van der Waals surface area contributed by atoms with E-state index in [1.807, 2.05) is 42.9 Å². The van der Waals surface area contributed by atoms with Gasteiger partial charge in [-0.1, -0.05) is 41.6 Å². The number of halogens is 1. The highest BCUT2D eigenvalue weighted by Gasteiger charge is 2.10. The number of carbonyl (C=O) groups is 1. The fourth-order valence-corrected chi connectivity index (χ4v) is 3.73. The average molecular weight is 430 g/mol. The predicted octanol–water partition coefficient (Wildman–Crippen LogP) is 3.83. The standard InChI is InChI=1S/C21H24ClN5OS/c1-26(2)18-10-8-16(9-11-18)5-4-12-23-20(28)14-29-21-25-24-15-27(21)19-7-3-6-17(22)13-19/h3,6-11,13,15H,4-5,12,14H2,1-2H3,(H,23,28). The summed E-state index contributed by atoms with van der Waals surface area (Å²) in [6, 6.07) is 15.9. The lowest BCUT2D eigenvalue weighted by atomic mass is 10.1. The topological polar surface area (TPSA) is 63.1 Å². The maximum absolute atomic E-state index is 12.2. The Morgan fingerprint density at radius 1 is 1.21 bits per heavy atom. The maximum atomic E-state index is 12.2. The van der Waals surface area contributed by atoms with Gasteiger partial charge in [-0.2, -0.15) is 0 Å². The Bertz CT molecular complexity index is 942. The molecule has 0 radical (unpaired) electrons. The summed E-state index contributed by atoms with van der Waals surface area (Å²) in [5.74, 6) is 0.273. The molecule has 1 heterocycles. The highest BCUT2D eigenvalue weighted by atomic mass is 35.5. The highest BCUT2D eigenvalue weighted by molar-refractivity contribution is 7.99. The number of benzene rings is 2. The summed E-state index contributed by atoms with van der Waals surface area (Å²) < 4.78 is 1.82. The van der Waals surface area contributed by atoms with Gasteiger partial charge < -0.3 is 10.2 Å². The third-order valence-corrected chi connectivity index (χ3v) is 5.53. The molecule has 6 nitrogen and oxygen atoms in total. The van der Waals surface area contributed by atoms with E-state index in [0.29, 0.717) is 16.7 Å². The molecule has 0 fully saturated rings. The molecule has 2 aromatic carbocycles. The predicted molar refractivity (Wildman–Crippen MR) is 119 cm³/mol. The number of amides is 1. The van der Waals surface area contributed by atoms with E-state index in [-0.39, 0.29) is 11.7 Å². The molecule has 152 valence electrons. The Morgan fingerprint density at radius 3 is 2.72 bits per heavy atom. The second-order valence-electron chi connectivity index (χ2n) is 6.77. The van der Waals surface area contributed by atoms with Crippen molar-refractivity contribution in [2.45, 2.75) is 18.0 Å². The van der Waals surface area contributed by atoms with Crippen LogP contribution in [0.1, 0.15) is 12.0 Å². The molecule has 0 aliphatic carbocycles. The second-order valence-corrected chi connectivity index (χ2v) is 8.15. The molecule has 8 heteroatoms. The largest absolute Gasteiger partial charge is 0.378 e. The van der Waals surface area contributed by atoms with Crippen molar-refractivity contribution in [2.24, 2.45) is 0 Å².